The number of hydrogen-bond acceptors (Lipinski definition) is 9. The Kier molecular flexibility index (Phi) is 6.22. The summed E-state index contributed by atoms with van der Waals surface area (Å²) in [5.41, 5.74) is 3.45. The predicted octanol–water partition coefficient (Wildman–Crippen LogP) is 4.15. The number of thiocarbonyl (C=S) groups is 1. The Morgan fingerprint density at radius 1 is 1.13 bits per heavy atom. The standard InChI is InChI=1S/C27H38N4O6S2/c1-8-16(32)31(27-13-26(14-27,19(28)38)18(27)35-22(2,3)4)37-17(33)15-9-39-20(29-15)24-10-25(11-24,12-24)30-21(34)36-23(5,6)7/h9,18H,8,10-14H2,1-7H3,(H2,28,38)(H,30,34). The molecule has 6 aliphatic rings. The maximum Gasteiger partial charge on any atom is 0.408 e. The molecule has 6 fully saturated rings. The fourth-order valence-corrected chi connectivity index (χ4v) is 7.98. The van der Waals surface area contributed by atoms with Crippen LogP contribution in [0.5, 0.6) is 0 Å². The van der Waals surface area contributed by atoms with Crippen LogP contribution in [0.1, 0.15) is 102 Å². The van der Waals surface area contributed by atoms with Crippen LogP contribution >= 0.6 is 23.6 Å². The lowest BCUT2D eigenvalue weighted by Gasteiger charge is -2.76. The molecule has 0 spiro atoms. The van der Waals surface area contributed by atoms with Gasteiger partial charge in [-0.05, 0) is 73.6 Å². The molecule has 0 saturated heterocycles. The minimum atomic E-state index is -0.800. The van der Waals surface area contributed by atoms with Crippen molar-refractivity contribution in [3.05, 3.63) is 16.1 Å². The van der Waals surface area contributed by atoms with Crippen molar-refractivity contribution in [2.75, 3.05) is 0 Å². The summed E-state index contributed by atoms with van der Waals surface area (Å²) in [6, 6.07) is 0. The lowest BCUT2D eigenvalue weighted by atomic mass is 9.36. The molecule has 3 N–H and O–H groups in total. The van der Waals surface area contributed by atoms with Crippen molar-refractivity contribution in [1.29, 1.82) is 0 Å². The van der Waals surface area contributed by atoms with Crippen LogP contribution in [0.2, 0.25) is 0 Å². The summed E-state index contributed by atoms with van der Waals surface area (Å²) >= 11 is 6.74. The molecule has 1 heterocycles. The highest BCUT2D eigenvalue weighted by atomic mass is 32.1. The maximum absolute atomic E-state index is 13.2. The summed E-state index contributed by atoms with van der Waals surface area (Å²) in [5, 5.41) is 6.70. The van der Waals surface area contributed by atoms with Gasteiger partial charge in [0.15, 0.2) is 5.69 Å². The number of rotatable bonds is 7. The normalized spacial score (nSPS) is 33.9. The number of thiazole rings is 1. The minimum Gasteiger partial charge on any atom is -0.444 e. The Morgan fingerprint density at radius 3 is 2.26 bits per heavy atom. The molecule has 10 nitrogen and oxygen atoms in total. The van der Waals surface area contributed by atoms with Crippen molar-refractivity contribution in [2.24, 2.45) is 11.1 Å². The smallest absolute Gasteiger partial charge is 0.408 e. The average Bonchev–Trinajstić information content (AvgIpc) is 3.19. The van der Waals surface area contributed by atoms with E-state index in [4.69, 9.17) is 32.3 Å². The van der Waals surface area contributed by atoms with Crippen LogP contribution in [0.25, 0.3) is 0 Å². The monoisotopic (exact) mass is 578 g/mol. The van der Waals surface area contributed by atoms with Crippen LogP contribution in [-0.2, 0) is 24.5 Å². The SMILES string of the molecule is CCC(=O)N(OC(=O)c1csc(C23CC(NC(=O)OC(C)(C)C)(C2)C3)n1)C12CC(C(N)=S)(C1)C2OC(C)(C)C. The molecular formula is C27H38N4O6S2. The number of hydrogen-bond donors (Lipinski definition) is 2. The summed E-state index contributed by atoms with van der Waals surface area (Å²) < 4.78 is 11.7. The Balaban J connectivity index is 1.26. The quantitative estimate of drug-likeness (QED) is 0.361. The largest absolute Gasteiger partial charge is 0.444 e. The molecule has 1 aromatic heterocycles. The van der Waals surface area contributed by atoms with Crippen LogP contribution in [-0.4, -0.2) is 61.4 Å². The van der Waals surface area contributed by atoms with E-state index in [0.29, 0.717) is 17.8 Å². The molecule has 1 unspecified atom stereocenters. The number of nitrogens with one attached hydrogen (secondary N) is 1. The fraction of sp³-hybridized carbons (Fsp3) is 0.741. The average molecular weight is 579 g/mol. The molecule has 6 aliphatic carbocycles. The van der Waals surface area contributed by atoms with Crippen LogP contribution in [0.4, 0.5) is 4.79 Å². The van der Waals surface area contributed by atoms with Gasteiger partial charge in [0.2, 0.25) is 0 Å². The number of carbonyl (C=O) groups excluding carboxylic acids is 3. The molecule has 0 radical (unpaired) electrons. The number of nitrogens with two attached hydrogens (primary N) is 1. The summed E-state index contributed by atoms with van der Waals surface area (Å²) in [4.78, 5) is 49.2. The Morgan fingerprint density at radius 2 is 1.74 bits per heavy atom. The molecule has 7 rings (SSSR count). The Bertz CT molecular complexity index is 1220. The molecule has 1 aromatic rings. The van der Waals surface area contributed by atoms with E-state index in [0.717, 1.165) is 24.3 Å². The molecule has 214 valence electrons. The van der Waals surface area contributed by atoms with Gasteiger partial charge in [0, 0.05) is 22.8 Å². The highest BCUT2D eigenvalue weighted by Gasteiger charge is 2.83. The number of nitrogens with zero attached hydrogens (tertiary/aromatic N) is 2. The molecule has 0 aliphatic heterocycles. The first kappa shape index (κ1) is 28.2. The fourth-order valence-electron chi connectivity index (χ4n) is 6.74. The van der Waals surface area contributed by atoms with E-state index in [1.165, 1.54) is 16.4 Å². The Hall–Kier alpha value is -2.31. The molecule has 12 heteroatoms. The second kappa shape index (κ2) is 8.59. The first-order valence-electron chi connectivity index (χ1n) is 13.4. The van der Waals surface area contributed by atoms with Gasteiger partial charge in [-0.3, -0.25) is 4.79 Å². The highest BCUT2D eigenvalue weighted by Crippen LogP contribution is 2.72. The van der Waals surface area contributed by atoms with Crippen LogP contribution in [0.15, 0.2) is 5.38 Å². The van der Waals surface area contributed by atoms with Crippen molar-refractivity contribution in [2.45, 2.75) is 121 Å². The first-order chi connectivity index (χ1) is 17.9. The van der Waals surface area contributed by atoms with Gasteiger partial charge < -0.3 is 25.4 Å². The summed E-state index contributed by atoms with van der Waals surface area (Å²) in [6.45, 7) is 13.0. The lowest BCUT2D eigenvalue weighted by Crippen LogP contribution is -2.89. The molecule has 4 bridgehead atoms. The zero-order valence-corrected chi connectivity index (χ0v) is 25.3. The first-order valence-corrected chi connectivity index (χ1v) is 14.7. The van der Waals surface area contributed by atoms with Crippen LogP contribution in [0.3, 0.4) is 0 Å². The van der Waals surface area contributed by atoms with Crippen molar-refractivity contribution >= 4 is 46.5 Å². The van der Waals surface area contributed by atoms with Gasteiger partial charge >= 0.3 is 12.1 Å². The molecule has 2 amide bonds. The van der Waals surface area contributed by atoms with E-state index < -0.39 is 40.3 Å². The number of hydroxylamine groups is 2. The number of aromatic nitrogens is 1. The minimum absolute atomic E-state index is 0.153. The number of carbonyl (C=O) groups is 3. The summed E-state index contributed by atoms with van der Waals surface area (Å²) in [5.74, 6) is -0.997. The molecule has 6 saturated carbocycles. The van der Waals surface area contributed by atoms with Gasteiger partial charge in [0.05, 0.1) is 27.1 Å². The molecule has 0 aromatic carbocycles. The van der Waals surface area contributed by atoms with Gasteiger partial charge in [0.25, 0.3) is 5.91 Å². The van der Waals surface area contributed by atoms with Gasteiger partial charge in [-0.25, -0.2) is 14.6 Å². The zero-order chi connectivity index (χ0) is 28.8. The van der Waals surface area contributed by atoms with Gasteiger partial charge in [-0.2, -0.15) is 5.06 Å². The maximum atomic E-state index is 13.2. The summed E-state index contributed by atoms with van der Waals surface area (Å²) in [7, 11) is 0. The topological polar surface area (TPSA) is 133 Å². The van der Waals surface area contributed by atoms with Crippen LogP contribution in [0, 0.1) is 5.41 Å². The van der Waals surface area contributed by atoms with Crippen molar-refractivity contribution in [3.63, 3.8) is 0 Å². The highest BCUT2D eigenvalue weighted by molar-refractivity contribution is 7.80. The van der Waals surface area contributed by atoms with Gasteiger partial charge in [-0.15, -0.1) is 11.3 Å². The Labute approximate surface area is 238 Å². The van der Waals surface area contributed by atoms with E-state index in [1.807, 2.05) is 41.5 Å². The third kappa shape index (κ3) is 4.42. The third-order valence-electron chi connectivity index (χ3n) is 8.27. The zero-order valence-electron chi connectivity index (χ0n) is 23.6. The van der Waals surface area contributed by atoms with E-state index in [1.54, 1.807) is 12.3 Å². The number of amides is 2. The number of alkyl carbamates (subject to hydrolysis) is 1. The van der Waals surface area contributed by atoms with E-state index in [9.17, 15) is 14.4 Å². The van der Waals surface area contributed by atoms with Crippen molar-refractivity contribution < 1.29 is 28.7 Å². The van der Waals surface area contributed by atoms with Crippen molar-refractivity contribution in [3.8, 4) is 0 Å². The molecule has 1 atom stereocenters. The second-order valence-electron chi connectivity index (χ2n) is 13.8. The van der Waals surface area contributed by atoms with Gasteiger partial charge in [-0.1, -0.05) is 19.1 Å². The second-order valence-corrected chi connectivity index (χ2v) is 15.1. The van der Waals surface area contributed by atoms with Gasteiger partial charge in [0.1, 0.15) is 11.1 Å². The number of ether oxygens (including phenoxy) is 2. The molecular weight excluding hydrogens is 540 g/mol. The molecule has 39 heavy (non-hydrogen) atoms. The lowest BCUT2D eigenvalue weighted by molar-refractivity contribution is -0.361. The van der Waals surface area contributed by atoms with Crippen LogP contribution < -0.4 is 11.1 Å². The van der Waals surface area contributed by atoms with E-state index >= 15 is 0 Å². The predicted molar refractivity (Wildman–Crippen MR) is 148 cm³/mol. The van der Waals surface area contributed by atoms with Crippen molar-refractivity contribution in [1.82, 2.24) is 15.4 Å². The summed E-state index contributed by atoms with van der Waals surface area (Å²) in [6.07, 6.45) is 2.52. The third-order valence-corrected chi connectivity index (χ3v) is 9.76. The van der Waals surface area contributed by atoms with E-state index in [-0.39, 0.29) is 29.0 Å². The van der Waals surface area contributed by atoms with E-state index in [2.05, 4.69) is 10.3 Å².